The van der Waals surface area contributed by atoms with E-state index in [9.17, 15) is 9.59 Å². The maximum Gasteiger partial charge on any atom is 0.262 e. The lowest BCUT2D eigenvalue weighted by Gasteiger charge is -2.17. The average Bonchev–Trinajstić information content (AvgIpc) is 3.24. The highest BCUT2D eigenvalue weighted by atomic mass is 32.1. The fourth-order valence-corrected chi connectivity index (χ4v) is 3.29. The second-order valence-corrected chi connectivity index (χ2v) is 6.41. The normalized spacial score (nSPS) is 12.0. The fraction of sp³-hybridized carbons (Fsp3) is 0.222. The van der Waals surface area contributed by atoms with Crippen LogP contribution < -0.4 is 10.6 Å². The number of amides is 2. The molecule has 2 aromatic heterocycles. The summed E-state index contributed by atoms with van der Waals surface area (Å²) in [5.74, 6) is -0.395. The van der Waals surface area contributed by atoms with E-state index in [0.29, 0.717) is 17.8 Å². The molecule has 6 heteroatoms. The van der Waals surface area contributed by atoms with E-state index in [0.717, 1.165) is 16.5 Å². The van der Waals surface area contributed by atoms with Gasteiger partial charge in [0, 0.05) is 30.1 Å². The Bertz CT molecular complexity index is 839. The standard InChI is InChI=1S/C18H19N3O2S/c1-2-19-17(22)15(21-18(23)16-8-5-9-24-16)10-12-11-20-14-7-4-3-6-13(12)14/h3-9,11,15,20H,2,10H2,1H3,(H,19,22)(H,21,23). The Hall–Kier alpha value is -2.60. The van der Waals surface area contributed by atoms with Crippen molar-refractivity contribution in [1.29, 1.82) is 0 Å². The molecular weight excluding hydrogens is 322 g/mol. The Morgan fingerprint density at radius 3 is 2.79 bits per heavy atom. The molecule has 0 radical (unpaired) electrons. The molecule has 0 aliphatic heterocycles. The Balaban J connectivity index is 1.82. The van der Waals surface area contributed by atoms with Crippen LogP contribution in [0.1, 0.15) is 22.2 Å². The van der Waals surface area contributed by atoms with Crippen molar-refractivity contribution in [2.45, 2.75) is 19.4 Å². The smallest absolute Gasteiger partial charge is 0.262 e. The van der Waals surface area contributed by atoms with E-state index in [1.807, 2.05) is 48.8 Å². The summed E-state index contributed by atoms with van der Waals surface area (Å²) in [6.07, 6.45) is 2.33. The molecule has 0 saturated carbocycles. The van der Waals surface area contributed by atoms with Gasteiger partial charge in [0.15, 0.2) is 0 Å². The van der Waals surface area contributed by atoms with Gasteiger partial charge in [-0.2, -0.15) is 0 Å². The molecule has 0 spiro atoms. The Kier molecular flexibility index (Phi) is 4.96. The zero-order chi connectivity index (χ0) is 16.9. The fourth-order valence-electron chi connectivity index (χ4n) is 2.66. The third-order valence-electron chi connectivity index (χ3n) is 3.82. The molecule has 1 aromatic carbocycles. The minimum atomic E-state index is -0.612. The van der Waals surface area contributed by atoms with Crippen LogP contribution in [0.2, 0.25) is 0 Å². The van der Waals surface area contributed by atoms with E-state index in [4.69, 9.17) is 0 Å². The van der Waals surface area contributed by atoms with E-state index >= 15 is 0 Å². The Morgan fingerprint density at radius 2 is 2.04 bits per heavy atom. The number of carbonyl (C=O) groups is 2. The first-order valence-corrected chi connectivity index (χ1v) is 8.74. The highest BCUT2D eigenvalue weighted by molar-refractivity contribution is 7.12. The minimum absolute atomic E-state index is 0.173. The van der Waals surface area contributed by atoms with Crippen LogP contribution in [0.15, 0.2) is 48.0 Å². The monoisotopic (exact) mass is 341 g/mol. The molecule has 3 rings (SSSR count). The summed E-state index contributed by atoms with van der Waals surface area (Å²) in [5, 5.41) is 8.56. The average molecular weight is 341 g/mol. The van der Waals surface area contributed by atoms with Gasteiger partial charge in [0.05, 0.1) is 4.88 Å². The topological polar surface area (TPSA) is 74.0 Å². The first kappa shape index (κ1) is 16.3. The first-order chi connectivity index (χ1) is 11.7. The van der Waals surface area contributed by atoms with Gasteiger partial charge in [-0.3, -0.25) is 9.59 Å². The third kappa shape index (κ3) is 3.49. The molecule has 0 aliphatic carbocycles. The molecule has 2 heterocycles. The van der Waals surface area contributed by atoms with E-state index in [-0.39, 0.29) is 11.8 Å². The summed E-state index contributed by atoms with van der Waals surface area (Å²) in [6, 6.07) is 10.9. The lowest BCUT2D eigenvalue weighted by Crippen LogP contribution is -2.47. The van der Waals surface area contributed by atoms with Crippen LogP contribution >= 0.6 is 11.3 Å². The largest absolute Gasteiger partial charge is 0.361 e. The van der Waals surface area contributed by atoms with E-state index in [1.165, 1.54) is 11.3 Å². The molecule has 3 aromatic rings. The summed E-state index contributed by atoms with van der Waals surface area (Å²) in [6.45, 7) is 2.39. The number of hydrogen-bond donors (Lipinski definition) is 3. The van der Waals surface area contributed by atoms with Gasteiger partial charge in [-0.1, -0.05) is 24.3 Å². The van der Waals surface area contributed by atoms with E-state index in [1.54, 1.807) is 6.07 Å². The summed E-state index contributed by atoms with van der Waals surface area (Å²) >= 11 is 1.36. The lowest BCUT2D eigenvalue weighted by molar-refractivity contribution is -0.122. The van der Waals surface area contributed by atoms with Crippen molar-refractivity contribution in [3.05, 3.63) is 58.4 Å². The minimum Gasteiger partial charge on any atom is -0.361 e. The third-order valence-corrected chi connectivity index (χ3v) is 4.69. The van der Waals surface area contributed by atoms with Gasteiger partial charge < -0.3 is 15.6 Å². The Morgan fingerprint density at radius 1 is 1.21 bits per heavy atom. The quantitative estimate of drug-likeness (QED) is 0.645. The number of carbonyl (C=O) groups excluding carboxylic acids is 2. The van der Waals surface area contributed by atoms with Crippen molar-refractivity contribution >= 4 is 34.1 Å². The number of fused-ring (bicyclic) bond motifs is 1. The lowest BCUT2D eigenvalue weighted by atomic mass is 10.0. The summed E-state index contributed by atoms with van der Waals surface area (Å²) in [7, 11) is 0. The highest BCUT2D eigenvalue weighted by Crippen LogP contribution is 2.19. The number of rotatable bonds is 6. The molecule has 0 fully saturated rings. The van der Waals surface area contributed by atoms with Gasteiger partial charge in [0.2, 0.25) is 5.91 Å². The number of likely N-dealkylation sites (N-methyl/N-ethyl adjacent to an activating group) is 1. The number of benzene rings is 1. The van der Waals surface area contributed by atoms with E-state index in [2.05, 4.69) is 15.6 Å². The second kappa shape index (κ2) is 7.31. The zero-order valence-corrected chi connectivity index (χ0v) is 14.2. The van der Waals surface area contributed by atoms with Crippen LogP contribution in [-0.2, 0) is 11.2 Å². The van der Waals surface area contributed by atoms with Crippen molar-refractivity contribution in [2.75, 3.05) is 6.54 Å². The van der Waals surface area contributed by atoms with Crippen molar-refractivity contribution in [1.82, 2.24) is 15.6 Å². The molecule has 0 saturated heterocycles. The molecule has 1 unspecified atom stereocenters. The number of nitrogens with one attached hydrogen (secondary N) is 3. The summed E-state index contributed by atoms with van der Waals surface area (Å²) in [5.41, 5.74) is 2.03. The summed E-state index contributed by atoms with van der Waals surface area (Å²) in [4.78, 5) is 28.5. The van der Waals surface area contributed by atoms with Gasteiger partial charge in [0.1, 0.15) is 6.04 Å². The molecular formula is C18H19N3O2S. The van der Waals surface area contributed by atoms with Crippen LogP contribution in [0.3, 0.4) is 0 Å². The van der Waals surface area contributed by atoms with Crippen molar-refractivity contribution in [3.8, 4) is 0 Å². The molecule has 24 heavy (non-hydrogen) atoms. The molecule has 0 bridgehead atoms. The first-order valence-electron chi connectivity index (χ1n) is 7.86. The number of hydrogen-bond acceptors (Lipinski definition) is 3. The van der Waals surface area contributed by atoms with Crippen LogP contribution in [0.5, 0.6) is 0 Å². The predicted molar refractivity (Wildman–Crippen MR) is 96.3 cm³/mol. The SMILES string of the molecule is CCNC(=O)C(Cc1c[nH]c2ccccc12)NC(=O)c1cccs1. The predicted octanol–water partition coefficient (Wildman–Crippen LogP) is 2.71. The molecule has 1 atom stereocenters. The molecule has 5 nitrogen and oxygen atoms in total. The highest BCUT2D eigenvalue weighted by Gasteiger charge is 2.23. The van der Waals surface area contributed by atoms with Gasteiger partial charge in [-0.25, -0.2) is 0 Å². The number of aromatic amines is 1. The number of para-hydroxylation sites is 1. The van der Waals surface area contributed by atoms with Crippen LogP contribution in [0.25, 0.3) is 10.9 Å². The maximum atomic E-state index is 12.4. The number of aromatic nitrogens is 1. The van der Waals surface area contributed by atoms with Crippen LogP contribution in [0, 0.1) is 0 Å². The van der Waals surface area contributed by atoms with Gasteiger partial charge in [-0.15, -0.1) is 11.3 Å². The molecule has 124 valence electrons. The Labute approximate surface area is 144 Å². The second-order valence-electron chi connectivity index (χ2n) is 5.46. The van der Waals surface area contributed by atoms with Gasteiger partial charge in [-0.05, 0) is 30.0 Å². The van der Waals surface area contributed by atoms with Gasteiger partial charge in [0.25, 0.3) is 5.91 Å². The zero-order valence-electron chi connectivity index (χ0n) is 13.3. The molecule has 2 amide bonds. The van der Waals surface area contributed by atoms with Crippen LogP contribution in [0.4, 0.5) is 0 Å². The molecule has 3 N–H and O–H groups in total. The van der Waals surface area contributed by atoms with Crippen molar-refractivity contribution in [3.63, 3.8) is 0 Å². The number of H-pyrrole nitrogens is 1. The van der Waals surface area contributed by atoms with Crippen molar-refractivity contribution < 1.29 is 9.59 Å². The van der Waals surface area contributed by atoms with Gasteiger partial charge >= 0.3 is 0 Å². The van der Waals surface area contributed by atoms with Crippen molar-refractivity contribution in [2.24, 2.45) is 0 Å². The molecule has 0 aliphatic rings. The van der Waals surface area contributed by atoms with E-state index < -0.39 is 6.04 Å². The maximum absolute atomic E-state index is 12.4. The summed E-state index contributed by atoms with van der Waals surface area (Å²) < 4.78 is 0. The van der Waals surface area contributed by atoms with Crippen LogP contribution in [-0.4, -0.2) is 29.4 Å². The number of thiophene rings is 1.